The van der Waals surface area contributed by atoms with Crippen LogP contribution in [0.1, 0.15) is 19.8 Å². The minimum Gasteiger partial charge on any atom is -0.330 e. The maximum atomic E-state index is 11.8. The average molecular weight is 162 g/mol. The van der Waals surface area contributed by atoms with Crippen molar-refractivity contribution >= 4 is 0 Å². The Kier molecular flexibility index (Phi) is 7.84. The average Bonchev–Trinajstić information content (AvgIpc) is 2.05. The Balaban J connectivity index is 3.25. The summed E-state index contributed by atoms with van der Waals surface area (Å²) in [4.78, 5) is 2.23. The fourth-order valence-corrected chi connectivity index (χ4v) is 1.03. The van der Waals surface area contributed by atoms with Crippen LogP contribution in [0.2, 0.25) is 0 Å². The van der Waals surface area contributed by atoms with Gasteiger partial charge in [-0.1, -0.05) is 6.92 Å². The number of hydrogen-bond donors (Lipinski definition) is 1. The largest absolute Gasteiger partial charge is 0.330 e. The molecule has 0 atom stereocenters. The first-order chi connectivity index (χ1) is 5.35. The van der Waals surface area contributed by atoms with Crippen molar-refractivity contribution < 1.29 is 4.39 Å². The van der Waals surface area contributed by atoms with Gasteiger partial charge in [-0.2, -0.15) is 0 Å². The van der Waals surface area contributed by atoms with E-state index < -0.39 is 0 Å². The van der Waals surface area contributed by atoms with Gasteiger partial charge in [0, 0.05) is 6.54 Å². The second-order valence-electron chi connectivity index (χ2n) is 2.62. The predicted octanol–water partition coefficient (Wildman–Crippen LogP) is 1.02. The maximum absolute atomic E-state index is 11.8. The molecule has 0 bridgehead atoms. The van der Waals surface area contributed by atoms with Crippen LogP contribution in [-0.4, -0.2) is 37.8 Å². The highest BCUT2D eigenvalue weighted by Crippen LogP contribution is 1.93. The zero-order valence-corrected chi connectivity index (χ0v) is 7.35. The number of halogens is 1. The van der Waals surface area contributed by atoms with Gasteiger partial charge >= 0.3 is 0 Å². The van der Waals surface area contributed by atoms with Crippen molar-refractivity contribution in [3.63, 3.8) is 0 Å². The van der Waals surface area contributed by atoms with Gasteiger partial charge in [-0.15, -0.1) is 0 Å². The predicted molar refractivity (Wildman–Crippen MR) is 46.4 cm³/mol. The Hall–Kier alpha value is -0.150. The van der Waals surface area contributed by atoms with Crippen molar-refractivity contribution in [2.24, 2.45) is 5.73 Å². The van der Waals surface area contributed by atoms with Crippen molar-refractivity contribution in [2.45, 2.75) is 19.8 Å². The van der Waals surface area contributed by atoms with Crippen LogP contribution in [0.3, 0.4) is 0 Å². The lowest BCUT2D eigenvalue weighted by Crippen LogP contribution is -2.27. The van der Waals surface area contributed by atoms with Crippen LogP contribution in [0.25, 0.3) is 0 Å². The van der Waals surface area contributed by atoms with Crippen LogP contribution in [0, 0.1) is 0 Å². The SMILES string of the molecule is CCN(CCCN)CCCF. The first-order valence-corrected chi connectivity index (χ1v) is 4.33. The number of nitrogens with two attached hydrogens (primary N) is 1. The molecule has 0 radical (unpaired) electrons. The van der Waals surface area contributed by atoms with Crippen LogP contribution in [0.15, 0.2) is 0 Å². The van der Waals surface area contributed by atoms with Crippen LogP contribution in [-0.2, 0) is 0 Å². The van der Waals surface area contributed by atoms with E-state index in [2.05, 4.69) is 11.8 Å². The summed E-state index contributed by atoms with van der Waals surface area (Å²) >= 11 is 0. The van der Waals surface area contributed by atoms with Crippen LogP contribution in [0.4, 0.5) is 4.39 Å². The summed E-state index contributed by atoms with van der Waals surface area (Å²) in [6, 6.07) is 0. The number of nitrogens with zero attached hydrogens (tertiary/aromatic N) is 1. The Morgan fingerprint density at radius 2 is 1.91 bits per heavy atom. The summed E-state index contributed by atoms with van der Waals surface area (Å²) < 4.78 is 11.8. The summed E-state index contributed by atoms with van der Waals surface area (Å²) in [5.41, 5.74) is 5.36. The molecule has 0 aliphatic heterocycles. The minimum absolute atomic E-state index is 0.209. The number of hydrogen-bond acceptors (Lipinski definition) is 2. The molecule has 2 N–H and O–H groups in total. The van der Waals surface area contributed by atoms with E-state index >= 15 is 0 Å². The number of alkyl halides is 1. The molecule has 0 rings (SSSR count). The quantitative estimate of drug-likeness (QED) is 0.605. The van der Waals surface area contributed by atoms with E-state index in [1.807, 2.05) is 0 Å². The highest BCUT2D eigenvalue weighted by Gasteiger charge is 1.99. The minimum atomic E-state index is -0.209. The molecule has 0 aliphatic rings. The van der Waals surface area contributed by atoms with E-state index in [9.17, 15) is 4.39 Å². The molecule has 11 heavy (non-hydrogen) atoms. The topological polar surface area (TPSA) is 29.3 Å². The first-order valence-electron chi connectivity index (χ1n) is 4.33. The highest BCUT2D eigenvalue weighted by molar-refractivity contribution is 4.55. The molecule has 2 nitrogen and oxygen atoms in total. The molecular formula is C8H19FN2. The smallest absolute Gasteiger partial charge is 0.0906 e. The summed E-state index contributed by atoms with van der Waals surface area (Å²) in [6.45, 7) is 5.49. The molecule has 0 spiro atoms. The van der Waals surface area contributed by atoms with Gasteiger partial charge in [0.1, 0.15) is 0 Å². The molecule has 0 aromatic heterocycles. The van der Waals surface area contributed by atoms with E-state index in [0.29, 0.717) is 6.42 Å². The Morgan fingerprint density at radius 3 is 2.36 bits per heavy atom. The molecular weight excluding hydrogens is 143 g/mol. The van der Waals surface area contributed by atoms with Crippen molar-refractivity contribution in [3.8, 4) is 0 Å². The molecule has 0 unspecified atom stereocenters. The lowest BCUT2D eigenvalue weighted by atomic mass is 10.3. The Bertz CT molecular complexity index is 70.5. The van der Waals surface area contributed by atoms with Gasteiger partial charge in [-0.25, -0.2) is 0 Å². The standard InChI is InChI=1S/C8H19FN2/c1-2-11(7-3-5-9)8-4-6-10/h2-8,10H2,1H3. The zero-order valence-electron chi connectivity index (χ0n) is 7.35. The molecule has 0 fully saturated rings. The van der Waals surface area contributed by atoms with E-state index in [4.69, 9.17) is 5.73 Å². The van der Waals surface area contributed by atoms with E-state index in [0.717, 1.165) is 32.6 Å². The van der Waals surface area contributed by atoms with Crippen molar-refractivity contribution in [3.05, 3.63) is 0 Å². The monoisotopic (exact) mass is 162 g/mol. The van der Waals surface area contributed by atoms with Crippen molar-refractivity contribution in [1.29, 1.82) is 0 Å². The molecule has 0 heterocycles. The fourth-order valence-electron chi connectivity index (χ4n) is 1.03. The van der Waals surface area contributed by atoms with Gasteiger partial charge in [-0.3, -0.25) is 4.39 Å². The molecule has 0 amide bonds. The van der Waals surface area contributed by atoms with Gasteiger partial charge in [0.15, 0.2) is 0 Å². The van der Waals surface area contributed by atoms with Crippen LogP contribution < -0.4 is 5.73 Å². The second kappa shape index (κ2) is 7.95. The molecule has 68 valence electrons. The lowest BCUT2D eigenvalue weighted by Gasteiger charge is -2.18. The third kappa shape index (κ3) is 6.26. The second-order valence-corrected chi connectivity index (χ2v) is 2.62. The van der Waals surface area contributed by atoms with Gasteiger partial charge in [0.25, 0.3) is 0 Å². The third-order valence-corrected chi connectivity index (χ3v) is 1.73. The van der Waals surface area contributed by atoms with Gasteiger partial charge < -0.3 is 10.6 Å². The molecule has 0 aromatic carbocycles. The van der Waals surface area contributed by atoms with Crippen molar-refractivity contribution in [1.82, 2.24) is 4.90 Å². The number of rotatable bonds is 7. The Morgan fingerprint density at radius 1 is 1.27 bits per heavy atom. The third-order valence-electron chi connectivity index (χ3n) is 1.73. The molecule has 3 heteroatoms. The van der Waals surface area contributed by atoms with E-state index in [1.54, 1.807) is 0 Å². The lowest BCUT2D eigenvalue weighted by molar-refractivity contribution is 0.269. The molecule has 0 saturated heterocycles. The summed E-state index contributed by atoms with van der Waals surface area (Å²) in [7, 11) is 0. The van der Waals surface area contributed by atoms with Crippen molar-refractivity contribution in [2.75, 3.05) is 32.9 Å². The Labute approximate surface area is 68.6 Å². The molecule has 0 aromatic rings. The summed E-state index contributed by atoms with van der Waals surface area (Å²) in [5.74, 6) is 0. The molecule has 0 aliphatic carbocycles. The zero-order chi connectivity index (χ0) is 8.53. The fraction of sp³-hybridized carbons (Fsp3) is 1.00. The molecule has 0 saturated carbocycles. The summed E-state index contributed by atoms with van der Waals surface area (Å²) in [6.07, 6.45) is 1.67. The van der Waals surface area contributed by atoms with Gasteiger partial charge in [0.05, 0.1) is 6.67 Å². The van der Waals surface area contributed by atoms with Crippen LogP contribution >= 0.6 is 0 Å². The van der Waals surface area contributed by atoms with E-state index in [-0.39, 0.29) is 6.67 Å². The summed E-state index contributed by atoms with van der Waals surface area (Å²) in [5, 5.41) is 0. The first kappa shape index (κ1) is 10.8. The highest BCUT2D eigenvalue weighted by atomic mass is 19.1. The van der Waals surface area contributed by atoms with Gasteiger partial charge in [-0.05, 0) is 32.5 Å². The van der Waals surface area contributed by atoms with Crippen LogP contribution in [0.5, 0.6) is 0 Å². The van der Waals surface area contributed by atoms with Gasteiger partial charge in [0.2, 0.25) is 0 Å². The normalized spacial score (nSPS) is 10.9. The van der Waals surface area contributed by atoms with E-state index in [1.165, 1.54) is 0 Å². The maximum Gasteiger partial charge on any atom is 0.0906 e.